The number of fused-ring (bicyclic) bond motifs is 6. The zero-order valence-electron chi connectivity index (χ0n) is 27.7. The van der Waals surface area contributed by atoms with Gasteiger partial charge in [0.05, 0.1) is 5.69 Å². The molecular formula is C47H36N2. The first-order chi connectivity index (χ1) is 24.2. The third-order valence-electron chi connectivity index (χ3n) is 10.6. The van der Waals surface area contributed by atoms with Gasteiger partial charge >= 0.3 is 0 Å². The van der Waals surface area contributed by atoms with Gasteiger partial charge in [0, 0.05) is 29.2 Å². The van der Waals surface area contributed by atoms with Gasteiger partial charge in [-0.05, 0) is 122 Å². The van der Waals surface area contributed by atoms with Crippen molar-refractivity contribution >= 4 is 27.6 Å². The molecule has 49 heavy (non-hydrogen) atoms. The van der Waals surface area contributed by atoms with Gasteiger partial charge in [-0.15, -0.1) is 0 Å². The average molecular weight is 629 g/mol. The molecule has 0 radical (unpaired) electrons. The van der Waals surface area contributed by atoms with E-state index in [2.05, 4.69) is 135 Å². The summed E-state index contributed by atoms with van der Waals surface area (Å²) in [5, 5.41) is 2.36. The Kier molecular flexibility index (Phi) is 7.16. The summed E-state index contributed by atoms with van der Waals surface area (Å²) in [5.41, 5.74) is 20.1. The van der Waals surface area contributed by atoms with Crippen molar-refractivity contribution in [2.45, 2.75) is 32.6 Å². The molecule has 1 heterocycles. The normalized spacial score (nSPS) is 14.9. The maximum absolute atomic E-state index is 5.01. The van der Waals surface area contributed by atoms with Crippen LogP contribution in [0.25, 0.3) is 55.4 Å². The van der Waals surface area contributed by atoms with E-state index in [9.17, 15) is 0 Å². The van der Waals surface area contributed by atoms with Gasteiger partial charge in [0.1, 0.15) is 0 Å². The lowest BCUT2D eigenvalue weighted by Gasteiger charge is -2.12. The minimum Gasteiger partial charge on any atom is -0.260 e. The zero-order valence-corrected chi connectivity index (χ0v) is 27.7. The fraction of sp³-hybridized carbons (Fsp3) is 0.106. The lowest BCUT2D eigenvalue weighted by Crippen LogP contribution is -2.01. The van der Waals surface area contributed by atoms with Gasteiger partial charge in [-0.2, -0.15) is 0 Å². The Morgan fingerprint density at radius 3 is 2.43 bits per heavy atom. The van der Waals surface area contributed by atoms with Crippen molar-refractivity contribution in [1.29, 1.82) is 0 Å². The standard InChI is InChI=1S/C47H36N2/c1-3-31(28-48-30(2)37-16-9-18-42-39-14-6-4-11-34(39)26-45(37)42)38-17-8-13-33-25-32(21-23-41(33)38)36-22-24-47(49-29-36)44-20-10-19-43-40-15-7-5-12-35(40)27-46(43)44/h3-5,7-13,15-25,28-29H,1,6,14,26-27H2,2H3/b31-28+,48-30?. The zero-order chi connectivity index (χ0) is 32.9. The molecule has 2 nitrogen and oxygen atoms in total. The summed E-state index contributed by atoms with van der Waals surface area (Å²) < 4.78 is 0. The topological polar surface area (TPSA) is 25.2 Å². The summed E-state index contributed by atoms with van der Waals surface area (Å²) in [4.78, 5) is 9.98. The summed E-state index contributed by atoms with van der Waals surface area (Å²) in [6, 6.07) is 39.5. The fourth-order valence-corrected chi connectivity index (χ4v) is 8.08. The van der Waals surface area contributed by atoms with Crippen molar-refractivity contribution in [3.05, 3.63) is 185 Å². The number of aliphatic imine (C=N–C) groups is 1. The molecule has 0 fully saturated rings. The monoisotopic (exact) mass is 628 g/mol. The van der Waals surface area contributed by atoms with Crippen LogP contribution in [0.15, 0.2) is 157 Å². The third kappa shape index (κ3) is 5.03. The van der Waals surface area contributed by atoms with E-state index in [0.29, 0.717) is 0 Å². The highest BCUT2D eigenvalue weighted by Gasteiger charge is 2.24. The van der Waals surface area contributed by atoms with Gasteiger partial charge in [-0.3, -0.25) is 9.98 Å². The Balaban J connectivity index is 0.999. The second kappa shape index (κ2) is 12.0. The quantitative estimate of drug-likeness (QED) is 0.133. The van der Waals surface area contributed by atoms with Gasteiger partial charge < -0.3 is 0 Å². The summed E-state index contributed by atoms with van der Waals surface area (Å²) in [6.07, 6.45) is 14.7. The molecule has 0 N–H and O–H groups in total. The van der Waals surface area contributed by atoms with E-state index >= 15 is 0 Å². The first kappa shape index (κ1) is 29.3. The van der Waals surface area contributed by atoms with Crippen LogP contribution in [0, 0.1) is 0 Å². The van der Waals surface area contributed by atoms with Crippen molar-refractivity contribution in [3.63, 3.8) is 0 Å². The summed E-state index contributed by atoms with van der Waals surface area (Å²) in [7, 11) is 0. The average Bonchev–Trinajstić information content (AvgIpc) is 3.73. The predicted octanol–water partition coefficient (Wildman–Crippen LogP) is 11.8. The Morgan fingerprint density at radius 1 is 0.735 bits per heavy atom. The van der Waals surface area contributed by atoms with E-state index < -0.39 is 0 Å². The highest BCUT2D eigenvalue weighted by Crippen LogP contribution is 2.42. The smallest absolute Gasteiger partial charge is 0.0705 e. The molecule has 234 valence electrons. The lowest BCUT2D eigenvalue weighted by molar-refractivity contribution is 1.04. The molecule has 0 amide bonds. The SMILES string of the molecule is C=C/C(=C\N=C(C)c1cccc2c1CC1=C2CCC=C1)c1cccc2cc(-c3ccc(-c4cccc5c4Cc4ccccc4-5)nc3)ccc12. The molecule has 6 aromatic rings. The van der Waals surface area contributed by atoms with Crippen LogP contribution in [0.2, 0.25) is 0 Å². The number of aromatic nitrogens is 1. The summed E-state index contributed by atoms with van der Waals surface area (Å²) in [5.74, 6) is 0. The van der Waals surface area contributed by atoms with Crippen LogP contribution >= 0.6 is 0 Å². The fourth-order valence-electron chi connectivity index (χ4n) is 8.08. The number of benzene rings is 5. The molecule has 3 aliphatic carbocycles. The Labute approximate surface area is 288 Å². The van der Waals surface area contributed by atoms with E-state index in [4.69, 9.17) is 9.98 Å². The van der Waals surface area contributed by atoms with Crippen LogP contribution in [0.3, 0.4) is 0 Å². The van der Waals surface area contributed by atoms with E-state index in [0.717, 1.165) is 59.4 Å². The molecule has 2 heteroatoms. The van der Waals surface area contributed by atoms with Gasteiger partial charge in [0.25, 0.3) is 0 Å². The second-order valence-corrected chi connectivity index (χ2v) is 13.3. The number of rotatable bonds is 6. The first-order valence-corrected chi connectivity index (χ1v) is 17.2. The van der Waals surface area contributed by atoms with Crippen molar-refractivity contribution in [1.82, 2.24) is 4.98 Å². The number of hydrogen-bond acceptors (Lipinski definition) is 2. The van der Waals surface area contributed by atoms with Crippen LogP contribution in [0.1, 0.15) is 53.1 Å². The number of hydrogen-bond donors (Lipinski definition) is 0. The van der Waals surface area contributed by atoms with E-state index in [1.165, 1.54) is 66.4 Å². The van der Waals surface area contributed by atoms with Gasteiger partial charge in [-0.25, -0.2) is 0 Å². The van der Waals surface area contributed by atoms with Crippen LogP contribution in [0.4, 0.5) is 0 Å². The molecule has 0 atom stereocenters. The Morgan fingerprint density at radius 2 is 1.53 bits per heavy atom. The van der Waals surface area contributed by atoms with Crippen LogP contribution in [-0.2, 0) is 12.8 Å². The van der Waals surface area contributed by atoms with E-state index in [1.54, 1.807) is 0 Å². The molecule has 1 aromatic heterocycles. The van der Waals surface area contributed by atoms with Crippen LogP contribution in [-0.4, -0.2) is 10.7 Å². The summed E-state index contributed by atoms with van der Waals surface area (Å²) in [6.45, 7) is 6.30. The van der Waals surface area contributed by atoms with Crippen molar-refractivity contribution in [2.75, 3.05) is 0 Å². The predicted molar refractivity (Wildman–Crippen MR) is 207 cm³/mol. The van der Waals surface area contributed by atoms with Crippen LogP contribution in [0.5, 0.6) is 0 Å². The van der Waals surface area contributed by atoms with Gasteiger partial charge in [0.2, 0.25) is 0 Å². The molecule has 0 bridgehead atoms. The maximum Gasteiger partial charge on any atom is 0.0705 e. The second-order valence-electron chi connectivity index (χ2n) is 13.3. The van der Waals surface area contributed by atoms with Gasteiger partial charge in [0.15, 0.2) is 0 Å². The van der Waals surface area contributed by atoms with Crippen molar-refractivity contribution < 1.29 is 0 Å². The van der Waals surface area contributed by atoms with E-state index in [1.807, 2.05) is 18.5 Å². The number of nitrogens with zero attached hydrogens (tertiary/aromatic N) is 2. The molecule has 0 unspecified atom stereocenters. The molecule has 0 spiro atoms. The van der Waals surface area contributed by atoms with Crippen molar-refractivity contribution in [3.8, 4) is 33.5 Å². The van der Waals surface area contributed by atoms with Gasteiger partial charge in [-0.1, -0.05) is 122 Å². The minimum absolute atomic E-state index is 0.954. The highest BCUT2D eigenvalue weighted by molar-refractivity contribution is 6.04. The third-order valence-corrected chi connectivity index (χ3v) is 10.6. The molecule has 9 rings (SSSR count). The number of allylic oxidation sites excluding steroid dienone is 6. The molecule has 0 aliphatic heterocycles. The minimum atomic E-state index is 0.954. The molecule has 0 saturated heterocycles. The molecule has 3 aliphatic rings. The largest absolute Gasteiger partial charge is 0.260 e. The Hall–Kier alpha value is -5.86. The van der Waals surface area contributed by atoms with Crippen molar-refractivity contribution in [2.24, 2.45) is 4.99 Å². The highest BCUT2D eigenvalue weighted by atomic mass is 14.7. The van der Waals surface area contributed by atoms with E-state index in [-0.39, 0.29) is 0 Å². The summed E-state index contributed by atoms with van der Waals surface area (Å²) >= 11 is 0. The Bertz CT molecular complexity index is 2450. The molecule has 5 aromatic carbocycles. The first-order valence-electron chi connectivity index (χ1n) is 17.2. The molecule has 0 saturated carbocycles. The molecular weight excluding hydrogens is 593 g/mol. The van der Waals surface area contributed by atoms with Crippen LogP contribution < -0.4 is 0 Å². The number of pyridine rings is 1. The maximum atomic E-state index is 5.01. The lowest BCUT2D eigenvalue weighted by atomic mass is 9.95.